The maximum absolute atomic E-state index is 4.67. The summed E-state index contributed by atoms with van der Waals surface area (Å²) in [5, 5.41) is 5.28. The number of aromatic nitrogens is 1. The van der Waals surface area contributed by atoms with Gasteiger partial charge in [-0.25, -0.2) is 0 Å². The van der Waals surface area contributed by atoms with Crippen molar-refractivity contribution in [2.24, 2.45) is 5.92 Å². The molecule has 1 heteroatoms. The van der Waals surface area contributed by atoms with Crippen LogP contribution in [0, 0.1) is 5.92 Å². The Kier molecular flexibility index (Phi) is 6.46. The van der Waals surface area contributed by atoms with Gasteiger partial charge in [-0.15, -0.1) is 0 Å². The van der Waals surface area contributed by atoms with E-state index >= 15 is 0 Å². The molecule has 1 unspecified atom stereocenters. The van der Waals surface area contributed by atoms with Gasteiger partial charge in [-0.2, -0.15) is 0 Å². The number of fused-ring (bicyclic) bond motifs is 8. The van der Waals surface area contributed by atoms with E-state index in [0.717, 1.165) is 17.7 Å². The van der Waals surface area contributed by atoms with Gasteiger partial charge in [0.2, 0.25) is 0 Å². The van der Waals surface area contributed by atoms with E-state index in [9.17, 15) is 0 Å². The van der Waals surface area contributed by atoms with E-state index in [2.05, 4.69) is 154 Å². The number of benzene rings is 5. The molecule has 1 nitrogen and oxygen atoms in total. The first kappa shape index (κ1) is 27.5. The average Bonchev–Trinajstić information content (AvgIpc) is 3.21. The molecule has 0 fully saturated rings. The second-order valence-electron chi connectivity index (χ2n) is 13.6. The fourth-order valence-corrected chi connectivity index (χ4v) is 7.33. The first-order chi connectivity index (χ1) is 21.9. The lowest BCUT2D eigenvalue weighted by Gasteiger charge is -2.28. The van der Waals surface area contributed by atoms with Crippen LogP contribution in [0.25, 0.3) is 56.1 Å². The molecular weight excluding hydrogens is 542 g/mol. The van der Waals surface area contributed by atoms with Crippen LogP contribution in [-0.4, -0.2) is 4.98 Å². The molecule has 0 bridgehead atoms. The molecule has 6 aromatic rings. The molecule has 0 N–H and O–H groups in total. The second-order valence-corrected chi connectivity index (χ2v) is 13.6. The van der Waals surface area contributed by atoms with Crippen LogP contribution >= 0.6 is 0 Å². The van der Waals surface area contributed by atoms with Gasteiger partial charge in [0, 0.05) is 11.8 Å². The van der Waals surface area contributed by atoms with Gasteiger partial charge < -0.3 is 0 Å². The summed E-state index contributed by atoms with van der Waals surface area (Å²) in [5.74, 6) is 0.319. The minimum absolute atomic E-state index is 0.126. The largest absolute Gasteiger partial charge is 0.256 e. The molecule has 0 saturated carbocycles. The second kappa shape index (κ2) is 10.6. The number of pyridine rings is 1. The summed E-state index contributed by atoms with van der Waals surface area (Å²) in [6.07, 6.45) is 9.99. The van der Waals surface area contributed by atoms with Crippen LogP contribution in [0.1, 0.15) is 67.5 Å². The van der Waals surface area contributed by atoms with Crippen LogP contribution in [0.4, 0.5) is 0 Å². The normalized spacial score (nSPS) is 16.9. The van der Waals surface area contributed by atoms with E-state index in [0.29, 0.717) is 5.92 Å². The van der Waals surface area contributed by atoms with E-state index in [1.54, 1.807) is 0 Å². The molecule has 2 aliphatic carbocycles. The molecule has 1 atom stereocenters. The Bertz CT molecular complexity index is 2220. The highest BCUT2D eigenvalue weighted by molar-refractivity contribution is 6.13. The fraction of sp³-hybridized carbons (Fsp3) is 0.159. The monoisotopic (exact) mass is 579 g/mol. The summed E-state index contributed by atoms with van der Waals surface area (Å²) in [6, 6.07) is 40.2. The third kappa shape index (κ3) is 4.66. The zero-order valence-corrected chi connectivity index (χ0v) is 26.4. The molecule has 0 spiro atoms. The van der Waals surface area contributed by atoms with Gasteiger partial charge in [0.15, 0.2) is 0 Å². The van der Waals surface area contributed by atoms with Gasteiger partial charge in [0.05, 0.1) is 5.69 Å². The quantitative estimate of drug-likeness (QED) is 0.186. The van der Waals surface area contributed by atoms with Crippen molar-refractivity contribution in [2.75, 3.05) is 0 Å². The SMILES string of the molecule is CC1C=Cc2c(ccc3c2ccc2cc(C(C)(C)C)ccc23)C2=C1C/C(=C\c1ccccc1-c1ccccn1)c1ccccc12. The van der Waals surface area contributed by atoms with E-state index < -0.39 is 0 Å². The molecule has 218 valence electrons. The molecular formula is C44H37N. The molecule has 8 rings (SSSR count). The summed E-state index contributed by atoms with van der Waals surface area (Å²) in [6.45, 7) is 9.22. The number of allylic oxidation sites excluding steroid dienone is 3. The topological polar surface area (TPSA) is 12.9 Å². The summed E-state index contributed by atoms with van der Waals surface area (Å²) >= 11 is 0. The maximum atomic E-state index is 4.67. The minimum Gasteiger partial charge on any atom is -0.256 e. The molecule has 0 aliphatic heterocycles. The molecule has 0 radical (unpaired) electrons. The molecule has 5 aromatic carbocycles. The van der Waals surface area contributed by atoms with Crippen LogP contribution in [0.5, 0.6) is 0 Å². The highest BCUT2D eigenvalue weighted by Gasteiger charge is 2.29. The van der Waals surface area contributed by atoms with Crippen LogP contribution in [-0.2, 0) is 5.41 Å². The van der Waals surface area contributed by atoms with E-state index in [4.69, 9.17) is 0 Å². The fourth-order valence-electron chi connectivity index (χ4n) is 7.33. The summed E-state index contributed by atoms with van der Waals surface area (Å²) in [4.78, 5) is 4.67. The zero-order chi connectivity index (χ0) is 30.7. The zero-order valence-electron chi connectivity index (χ0n) is 26.4. The van der Waals surface area contributed by atoms with Crippen LogP contribution in [0.3, 0.4) is 0 Å². The van der Waals surface area contributed by atoms with Crippen molar-refractivity contribution >= 4 is 44.8 Å². The smallest absolute Gasteiger partial charge is 0.0707 e. The van der Waals surface area contributed by atoms with E-state index in [-0.39, 0.29) is 5.41 Å². The molecule has 0 amide bonds. The van der Waals surface area contributed by atoms with Gasteiger partial charge in [-0.05, 0) is 96.0 Å². The standard InChI is InChI=1S/C44H37N/c1-28-16-19-38-37-20-17-30-26-32(44(2,3)4)18-21-34(30)36(37)22-23-40(38)43-39-14-8-7-12-33(39)31(27-41(28)43)25-29-11-5-6-13-35(29)42-15-9-10-24-45-42/h5-26,28H,27H2,1-4H3/b31-25+. The minimum atomic E-state index is 0.126. The molecule has 1 aromatic heterocycles. The molecule has 0 saturated heterocycles. The number of nitrogens with zero attached hydrogens (tertiary/aromatic N) is 1. The summed E-state index contributed by atoms with van der Waals surface area (Å²) < 4.78 is 0. The van der Waals surface area contributed by atoms with Gasteiger partial charge >= 0.3 is 0 Å². The number of rotatable bonds is 2. The Labute approximate surface area is 266 Å². The van der Waals surface area contributed by atoms with Crippen LogP contribution in [0.15, 0.2) is 127 Å². The lowest BCUT2D eigenvalue weighted by molar-refractivity contribution is 0.591. The Morgan fingerprint density at radius 2 is 1.42 bits per heavy atom. The maximum Gasteiger partial charge on any atom is 0.0707 e. The number of hydrogen-bond acceptors (Lipinski definition) is 1. The highest BCUT2D eigenvalue weighted by atomic mass is 14.7. The van der Waals surface area contributed by atoms with Crippen LogP contribution < -0.4 is 0 Å². The first-order valence-corrected chi connectivity index (χ1v) is 16.1. The average molecular weight is 580 g/mol. The van der Waals surface area contributed by atoms with E-state index in [1.165, 1.54) is 71.6 Å². The van der Waals surface area contributed by atoms with Crippen molar-refractivity contribution in [3.05, 3.63) is 160 Å². The Morgan fingerprint density at radius 1 is 0.689 bits per heavy atom. The van der Waals surface area contributed by atoms with Crippen molar-refractivity contribution in [3.8, 4) is 11.3 Å². The number of hydrogen-bond donors (Lipinski definition) is 0. The van der Waals surface area contributed by atoms with Gasteiger partial charge in [0.25, 0.3) is 0 Å². The summed E-state index contributed by atoms with van der Waals surface area (Å²) in [7, 11) is 0. The Balaban J connectivity index is 1.31. The Morgan fingerprint density at radius 3 is 2.22 bits per heavy atom. The highest BCUT2D eigenvalue weighted by Crippen LogP contribution is 2.49. The van der Waals surface area contributed by atoms with Crippen molar-refractivity contribution in [1.29, 1.82) is 0 Å². The lowest BCUT2D eigenvalue weighted by Crippen LogP contribution is -2.10. The predicted molar refractivity (Wildman–Crippen MR) is 193 cm³/mol. The van der Waals surface area contributed by atoms with Gasteiger partial charge in [-0.3, -0.25) is 4.98 Å². The van der Waals surface area contributed by atoms with Crippen molar-refractivity contribution < 1.29 is 0 Å². The van der Waals surface area contributed by atoms with Crippen molar-refractivity contribution in [2.45, 2.75) is 39.5 Å². The molecule has 2 aliphatic rings. The Hall–Kier alpha value is -5.01. The van der Waals surface area contributed by atoms with Crippen molar-refractivity contribution in [1.82, 2.24) is 4.98 Å². The van der Waals surface area contributed by atoms with Gasteiger partial charge in [0.1, 0.15) is 0 Å². The third-order valence-corrected chi connectivity index (χ3v) is 9.77. The predicted octanol–water partition coefficient (Wildman–Crippen LogP) is 11.8. The summed E-state index contributed by atoms with van der Waals surface area (Å²) in [5.41, 5.74) is 14.4. The molecule has 45 heavy (non-hydrogen) atoms. The van der Waals surface area contributed by atoms with E-state index in [1.807, 2.05) is 12.3 Å². The van der Waals surface area contributed by atoms with Crippen LogP contribution in [0.2, 0.25) is 0 Å². The molecule has 1 heterocycles. The lowest BCUT2D eigenvalue weighted by atomic mass is 9.75. The van der Waals surface area contributed by atoms with Gasteiger partial charge in [-0.1, -0.05) is 149 Å². The third-order valence-electron chi connectivity index (χ3n) is 9.77. The van der Waals surface area contributed by atoms with Crippen molar-refractivity contribution in [3.63, 3.8) is 0 Å². The first-order valence-electron chi connectivity index (χ1n) is 16.1.